The number of aliphatic carboxylic acids is 1. The predicted octanol–water partition coefficient (Wildman–Crippen LogP) is 3.19. The Kier molecular flexibility index (Phi) is 7.25. The number of nitrogens with one attached hydrogen (secondary N) is 1. The molecular weight excluding hydrogens is 214 g/mol. The van der Waals surface area contributed by atoms with Crippen LogP contribution in [0.15, 0.2) is 0 Å². The van der Waals surface area contributed by atoms with Gasteiger partial charge in [-0.05, 0) is 38.1 Å². The first-order chi connectivity index (χ1) is 8.22. The fraction of sp³-hybridized carbons (Fsp3) is 0.929. The van der Waals surface area contributed by atoms with Crippen LogP contribution in [0.25, 0.3) is 0 Å². The quantitative estimate of drug-likeness (QED) is 0.531. The van der Waals surface area contributed by atoms with Gasteiger partial charge in [0.15, 0.2) is 0 Å². The van der Waals surface area contributed by atoms with Crippen molar-refractivity contribution in [3.63, 3.8) is 0 Å². The molecule has 0 aromatic heterocycles. The zero-order valence-corrected chi connectivity index (χ0v) is 11.1. The average molecular weight is 241 g/mol. The molecule has 0 aromatic carbocycles. The van der Waals surface area contributed by atoms with E-state index in [0.29, 0.717) is 6.04 Å². The molecule has 2 atom stereocenters. The number of hydrogen-bond donors (Lipinski definition) is 2. The largest absolute Gasteiger partial charge is 0.481 e. The van der Waals surface area contributed by atoms with Gasteiger partial charge in [-0.1, -0.05) is 32.6 Å². The van der Waals surface area contributed by atoms with Crippen LogP contribution in [-0.2, 0) is 4.79 Å². The van der Waals surface area contributed by atoms with Crippen LogP contribution >= 0.6 is 0 Å². The molecular formula is C14H27NO2. The van der Waals surface area contributed by atoms with Gasteiger partial charge in [0.1, 0.15) is 0 Å². The number of carboxylic acids is 1. The van der Waals surface area contributed by atoms with E-state index >= 15 is 0 Å². The Bertz CT molecular complexity index is 218. The van der Waals surface area contributed by atoms with E-state index in [-0.39, 0.29) is 6.42 Å². The zero-order valence-electron chi connectivity index (χ0n) is 11.1. The van der Waals surface area contributed by atoms with Gasteiger partial charge in [0, 0.05) is 12.5 Å². The average Bonchev–Trinajstić information content (AvgIpc) is 2.51. The van der Waals surface area contributed by atoms with Crippen LogP contribution in [0, 0.1) is 5.92 Å². The molecule has 0 amide bonds. The van der Waals surface area contributed by atoms with Crippen LogP contribution < -0.4 is 5.32 Å². The SMILES string of the molecule is CCCC1CCCC(NCCCC(=O)O)CC1. The normalized spacial score (nSPS) is 25.5. The maximum absolute atomic E-state index is 10.4. The van der Waals surface area contributed by atoms with Gasteiger partial charge >= 0.3 is 5.97 Å². The Hall–Kier alpha value is -0.570. The molecule has 100 valence electrons. The topological polar surface area (TPSA) is 49.3 Å². The summed E-state index contributed by atoms with van der Waals surface area (Å²) in [5.41, 5.74) is 0. The van der Waals surface area contributed by atoms with E-state index in [1.807, 2.05) is 0 Å². The summed E-state index contributed by atoms with van der Waals surface area (Å²) in [5, 5.41) is 12.1. The van der Waals surface area contributed by atoms with Crippen molar-refractivity contribution in [2.24, 2.45) is 5.92 Å². The maximum atomic E-state index is 10.4. The first-order valence-electron chi connectivity index (χ1n) is 7.17. The molecule has 0 spiro atoms. The molecule has 0 aliphatic heterocycles. The van der Waals surface area contributed by atoms with Gasteiger partial charge < -0.3 is 10.4 Å². The van der Waals surface area contributed by atoms with Gasteiger partial charge in [0.25, 0.3) is 0 Å². The van der Waals surface area contributed by atoms with Crippen molar-refractivity contribution < 1.29 is 9.90 Å². The Labute approximate surface area is 105 Å². The minimum absolute atomic E-state index is 0.290. The van der Waals surface area contributed by atoms with Crippen molar-refractivity contribution in [3.8, 4) is 0 Å². The lowest BCUT2D eigenvalue weighted by atomic mass is 9.95. The van der Waals surface area contributed by atoms with Crippen LogP contribution in [0.5, 0.6) is 0 Å². The van der Waals surface area contributed by atoms with Crippen molar-refractivity contribution in [1.29, 1.82) is 0 Å². The molecule has 1 saturated carbocycles. The minimum atomic E-state index is -0.685. The second-order valence-corrected chi connectivity index (χ2v) is 5.31. The van der Waals surface area contributed by atoms with Gasteiger partial charge in [-0.15, -0.1) is 0 Å². The lowest BCUT2D eigenvalue weighted by Gasteiger charge is -2.16. The molecule has 2 unspecified atom stereocenters. The van der Waals surface area contributed by atoms with Crippen LogP contribution in [0.3, 0.4) is 0 Å². The molecule has 3 heteroatoms. The standard InChI is InChI=1S/C14H27NO2/c1-2-5-12-6-3-7-13(10-9-12)15-11-4-8-14(16)17/h12-13,15H,2-11H2,1H3,(H,16,17). The highest BCUT2D eigenvalue weighted by molar-refractivity contribution is 5.66. The summed E-state index contributed by atoms with van der Waals surface area (Å²) >= 11 is 0. The summed E-state index contributed by atoms with van der Waals surface area (Å²) in [6.45, 7) is 3.13. The summed E-state index contributed by atoms with van der Waals surface area (Å²) in [5.74, 6) is 0.251. The predicted molar refractivity (Wildman–Crippen MR) is 70.1 cm³/mol. The van der Waals surface area contributed by atoms with Gasteiger partial charge in [0.2, 0.25) is 0 Å². The maximum Gasteiger partial charge on any atom is 0.303 e. The van der Waals surface area contributed by atoms with Gasteiger partial charge in [-0.2, -0.15) is 0 Å². The van der Waals surface area contributed by atoms with Crippen LogP contribution in [0.2, 0.25) is 0 Å². The molecule has 3 nitrogen and oxygen atoms in total. The van der Waals surface area contributed by atoms with Crippen LogP contribution in [0.1, 0.15) is 64.7 Å². The third-order valence-electron chi connectivity index (χ3n) is 3.79. The second kappa shape index (κ2) is 8.51. The molecule has 1 aliphatic rings. The molecule has 1 aliphatic carbocycles. The Morgan fingerprint density at radius 3 is 2.82 bits per heavy atom. The van der Waals surface area contributed by atoms with Crippen molar-refractivity contribution in [2.75, 3.05) is 6.54 Å². The molecule has 1 fully saturated rings. The van der Waals surface area contributed by atoms with Gasteiger partial charge in [-0.3, -0.25) is 4.79 Å². The van der Waals surface area contributed by atoms with Gasteiger partial charge in [0.05, 0.1) is 0 Å². The fourth-order valence-electron chi connectivity index (χ4n) is 2.83. The van der Waals surface area contributed by atoms with E-state index in [1.165, 1.54) is 44.9 Å². The lowest BCUT2D eigenvalue weighted by molar-refractivity contribution is -0.137. The Balaban J connectivity index is 2.11. The summed E-state index contributed by atoms with van der Waals surface area (Å²) < 4.78 is 0. The molecule has 17 heavy (non-hydrogen) atoms. The highest BCUT2D eigenvalue weighted by atomic mass is 16.4. The minimum Gasteiger partial charge on any atom is -0.481 e. The van der Waals surface area contributed by atoms with Crippen LogP contribution in [-0.4, -0.2) is 23.7 Å². The molecule has 0 bridgehead atoms. The number of carbonyl (C=O) groups is 1. The number of rotatable bonds is 7. The molecule has 2 N–H and O–H groups in total. The summed E-state index contributed by atoms with van der Waals surface area (Å²) in [6, 6.07) is 0.630. The molecule has 0 aromatic rings. The summed E-state index contributed by atoms with van der Waals surface area (Å²) in [7, 11) is 0. The molecule has 0 saturated heterocycles. The monoisotopic (exact) mass is 241 g/mol. The van der Waals surface area contributed by atoms with Crippen molar-refractivity contribution in [1.82, 2.24) is 5.32 Å². The highest BCUT2D eigenvalue weighted by Crippen LogP contribution is 2.26. The van der Waals surface area contributed by atoms with E-state index in [1.54, 1.807) is 0 Å². The van der Waals surface area contributed by atoms with Crippen molar-refractivity contribution in [3.05, 3.63) is 0 Å². The Morgan fingerprint density at radius 2 is 2.12 bits per heavy atom. The summed E-state index contributed by atoms with van der Waals surface area (Å²) in [4.78, 5) is 10.4. The number of hydrogen-bond acceptors (Lipinski definition) is 2. The van der Waals surface area contributed by atoms with E-state index in [2.05, 4.69) is 12.2 Å². The van der Waals surface area contributed by atoms with E-state index < -0.39 is 5.97 Å². The molecule has 0 radical (unpaired) electrons. The smallest absolute Gasteiger partial charge is 0.303 e. The summed E-state index contributed by atoms with van der Waals surface area (Å²) in [6.07, 6.45) is 10.4. The molecule has 1 rings (SSSR count). The van der Waals surface area contributed by atoms with E-state index in [0.717, 1.165) is 18.9 Å². The second-order valence-electron chi connectivity index (χ2n) is 5.31. The third kappa shape index (κ3) is 6.67. The molecule has 0 heterocycles. The zero-order chi connectivity index (χ0) is 12.5. The van der Waals surface area contributed by atoms with Crippen molar-refractivity contribution in [2.45, 2.75) is 70.8 Å². The first kappa shape index (κ1) is 14.5. The third-order valence-corrected chi connectivity index (χ3v) is 3.79. The first-order valence-corrected chi connectivity index (χ1v) is 7.17. The Morgan fingerprint density at radius 1 is 1.29 bits per heavy atom. The van der Waals surface area contributed by atoms with Gasteiger partial charge in [-0.25, -0.2) is 0 Å². The van der Waals surface area contributed by atoms with Crippen LogP contribution in [0.4, 0.5) is 0 Å². The number of carboxylic acid groups (broad SMARTS) is 1. The van der Waals surface area contributed by atoms with E-state index in [9.17, 15) is 4.79 Å². The van der Waals surface area contributed by atoms with Crippen molar-refractivity contribution >= 4 is 5.97 Å². The van der Waals surface area contributed by atoms with E-state index in [4.69, 9.17) is 5.11 Å². The fourth-order valence-corrected chi connectivity index (χ4v) is 2.83. The highest BCUT2D eigenvalue weighted by Gasteiger charge is 2.17. The lowest BCUT2D eigenvalue weighted by Crippen LogP contribution is -2.29.